The van der Waals surface area contributed by atoms with E-state index in [0.717, 1.165) is 0 Å². The summed E-state index contributed by atoms with van der Waals surface area (Å²) >= 11 is 0. The standard InChI is InChI=1S/C72H50/c1-47-45-61(57-31-19-35-65-69(57)67(47)59-29-15-17-33-63(59)71(65,53-21-7-3-8-22-53)54-23-9-4-10-24-54)51-41-37-49(38-42-51)50-39-43-52(44-40-50)62-46-48(2)68-60-30-16-18-34-64(60)72(55-25-11-5-12-26-55,56-27-13-6-14-28-56)66-36-20-32-58(62)70(66)68/h3-46H,1-2H3. The highest BCUT2D eigenvalue weighted by Crippen LogP contribution is 2.59. The molecule has 0 heterocycles. The van der Waals surface area contributed by atoms with Gasteiger partial charge in [-0.15, -0.1) is 0 Å². The summed E-state index contributed by atoms with van der Waals surface area (Å²) in [7, 11) is 0. The van der Waals surface area contributed by atoms with Crippen LogP contribution in [-0.2, 0) is 10.8 Å². The molecule has 72 heavy (non-hydrogen) atoms. The summed E-state index contributed by atoms with van der Waals surface area (Å²) < 4.78 is 0. The smallest absolute Gasteiger partial charge is 0.0622 e. The molecule has 338 valence electrons. The topological polar surface area (TPSA) is 0 Å². The Morgan fingerprint density at radius 1 is 0.236 bits per heavy atom. The number of benzene rings is 12. The molecule has 0 nitrogen and oxygen atoms in total. The molecule has 0 amide bonds. The Labute approximate surface area is 422 Å². The number of hydrogen-bond donors (Lipinski definition) is 0. The molecular weight excluding hydrogens is 865 g/mol. The second kappa shape index (κ2) is 16.4. The van der Waals surface area contributed by atoms with E-state index in [4.69, 9.17) is 0 Å². The van der Waals surface area contributed by atoms with Crippen LogP contribution in [-0.4, -0.2) is 0 Å². The van der Waals surface area contributed by atoms with Crippen molar-refractivity contribution in [2.45, 2.75) is 24.7 Å². The third-order valence-corrected chi connectivity index (χ3v) is 16.3. The quantitative estimate of drug-likeness (QED) is 0.149. The van der Waals surface area contributed by atoms with E-state index in [-0.39, 0.29) is 0 Å². The van der Waals surface area contributed by atoms with Crippen LogP contribution in [0, 0.1) is 13.8 Å². The lowest BCUT2D eigenvalue weighted by Gasteiger charge is -2.42. The first-order valence-electron chi connectivity index (χ1n) is 25.3. The fourth-order valence-corrected chi connectivity index (χ4v) is 13.4. The van der Waals surface area contributed by atoms with Crippen molar-refractivity contribution in [1.29, 1.82) is 0 Å². The van der Waals surface area contributed by atoms with Crippen LogP contribution in [0.4, 0.5) is 0 Å². The second-order valence-corrected chi connectivity index (χ2v) is 19.9. The normalized spacial score (nSPS) is 13.6. The number of hydrogen-bond acceptors (Lipinski definition) is 0. The molecule has 0 atom stereocenters. The van der Waals surface area contributed by atoms with Crippen molar-refractivity contribution in [3.05, 3.63) is 323 Å². The zero-order valence-electron chi connectivity index (χ0n) is 40.4. The van der Waals surface area contributed by atoms with Crippen LogP contribution in [0.2, 0.25) is 0 Å². The van der Waals surface area contributed by atoms with Crippen LogP contribution in [0.15, 0.2) is 267 Å². The zero-order chi connectivity index (χ0) is 48.0. The predicted molar refractivity (Wildman–Crippen MR) is 302 cm³/mol. The molecule has 0 N–H and O–H groups in total. The first-order valence-corrected chi connectivity index (χ1v) is 25.3. The Kier molecular flexibility index (Phi) is 9.57. The molecule has 0 spiro atoms. The minimum Gasteiger partial charge on any atom is -0.0622 e. The highest BCUT2D eigenvalue weighted by molar-refractivity contribution is 6.13. The molecule has 0 saturated heterocycles. The molecule has 12 aromatic rings. The summed E-state index contributed by atoms with van der Waals surface area (Å²) in [5.74, 6) is 0. The maximum absolute atomic E-state index is 2.42. The summed E-state index contributed by atoms with van der Waals surface area (Å²) in [6.45, 7) is 4.60. The third-order valence-electron chi connectivity index (χ3n) is 16.3. The van der Waals surface area contributed by atoms with Gasteiger partial charge in [0, 0.05) is 0 Å². The SMILES string of the molecule is Cc1cc(-c2ccc(-c3ccc(-c4cc(C)c5c6c(cccc46)C(c4ccccc4)(c4ccccc4)c4ccccc4-5)cc3)cc2)c2cccc3c2c1-c1ccccc1C3(c1ccccc1)c1ccccc1. The molecule has 2 aliphatic carbocycles. The van der Waals surface area contributed by atoms with Crippen LogP contribution >= 0.6 is 0 Å². The fraction of sp³-hybridized carbons (Fsp3) is 0.0556. The van der Waals surface area contributed by atoms with Crippen LogP contribution < -0.4 is 0 Å². The summed E-state index contributed by atoms with van der Waals surface area (Å²) in [6, 6.07) is 100. The molecule has 0 bridgehead atoms. The first-order chi connectivity index (χ1) is 35.6. The van der Waals surface area contributed by atoms with Gasteiger partial charge in [-0.05, 0) is 147 Å². The molecule has 0 heteroatoms. The van der Waals surface area contributed by atoms with E-state index in [2.05, 4.69) is 281 Å². The van der Waals surface area contributed by atoms with E-state index in [1.54, 1.807) is 0 Å². The maximum Gasteiger partial charge on any atom is 0.0713 e. The van der Waals surface area contributed by atoms with Gasteiger partial charge in [-0.2, -0.15) is 0 Å². The van der Waals surface area contributed by atoms with E-state index >= 15 is 0 Å². The van der Waals surface area contributed by atoms with Crippen molar-refractivity contribution in [2.75, 3.05) is 0 Å². The number of fused-ring (bicyclic) bond motifs is 4. The van der Waals surface area contributed by atoms with Crippen molar-refractivity contribution < 1.29 is 0 Å². The molecule has 12 aromatic carbocycles. The highest BCUT2D eigenvalue weighted by atomic mass is 14.5. The Bertz CT molecular complexity index is 3710. The minimum atomic E-state index is -0.488. The first kappa shape index (κ1) is 42.1. The van der Waals surface area contributed by atoms with Gasteiger partial charge in [0.25, 0.3) is 0 Å². The average molecular weight is 915 g/mol. The van der Waals surface area contributed by atoms with Crippen LogP contribution in [0.25, 0.3) is 77.2 Å². The Morgan fingerprint density at radius 2 is 0.528 bits per heavy atom. The van der Waals surface area contributed by atoms with E-state index < -0.39 is 10.8 Å². The van der Waals surface area contributed by atoms with Crippen LogP contribution in [0.3, 0.4) is 0 Å². The van der Waals surface area contributed by atoms with E-state index in [9.17, 15) is 0 Å². The molecule has 0 unspecified atom stereocenters. The van der Waals surface area contributed by atoms with Crippen molar-refractivity contribution in [3.8, 4) is 55.6 Å². The summed E-state index contributed by atoms with van der Waals surface area (Å²) in [5.41, 5.74) is 24.6. The minimum absolute atomic E-state index is 0.488. The van der Waals surface area contributed by atoms with Gasteiger partial charge in [0.05, 0.1) is 10.8 Å². The second-order valence-electron chi connectivity index (χ2n) is 19.9. The zero-order valence-corrected chi connectivity index (χ0v) is 40.4. The maximum atomic E-state index is 2.42. The van der Waals surface area contributed by atoms with Gasteiger partial charge >= 0.3 is 0 Å². The fourth-order valence-electron chi connectivity index (χ4n) is 13.4. The van der Waals surface area contributed by atoms with Crippen molar-refractivity contribution in [2.24, 2.45) is 0 Å². The summed E-state index contributed by atoms with van der Waals surface area (Å²) in [4.78, 5) is 0. The number of rotatable bonds is 7. The van der Waals surface area contributed by atoms with Gasteiger partial charge in [0.2, 0.25) is 0 Å². The lowest BCUT2D eigenvalue weighted by atomic mass is 9.59. The third kappa shape index (κ3) is 5.93. The van der Waals surface area contributed by atoms with E-state index in [1.807, 2.05) is 0 Å². The largest absolute Gasteiger partial charge is 0.0713 e. The molecule has 0 fully saturated rings. The monoisotopic (exact) mass is 914 g/mol. The summed E-state index contributed by atoms with van der Waals surface area (Å²) in [5, 5.41) is 5.23. The number of aryl methyl sites for hydroxylation is 2. The molecular formula is C72H50. The van der Waals surface area contributed by atoms with Crippen LogP contribution in [0.5, 0.6) is 0 Å². The Morgan fingerprint density at radius 3 is 0.875 bits per heavy atom. The van der Waals surface area contributed by atoms with Gasteiger partial charge in [0.1, 0.15) is 0 Å². The predicted octanol–water partition coefficient (Wildman–Crippen LogP) is 18.3. The Balaban J connectivity index is 0.878. The van der Waals surface area contributed by atoms with Gasteiger partial charge in [-0.1, -0.05) is 267 Å². The van der Waals surface area contributed by atoms with Gasteiger partial charge in [0.15, 0.2) is 0 Å². The molecule has 14 rings (SSSR count). The van der Waals surface area contributed by atoms with Gasteiger partial charge in [-0.3, -0.25) is 0 Å². The van der Waals surface area contributed by atoms with Crippen LogP contribution in [0.1, 0.15) is 55.6 Å². The molecule has 2 aliphatic rings. The molecule has 0 radical (unpaired) electrons. The lowest BCUT2D eigenvalue weighted by Crippen LogP contribution is -2.34. The van der Waals surface area contributed by atoms with E-state index in [1.165, 1.54) is 133 Å². The average Bonchev–Trinajstić information content (AvgIpc) is 3.45. The summed E-state index contributed by atoms with van der Waals surface area (Å²) in [6.07, 6.45) is 0. The van der Waals surface area contributed by atoms with E-state index in [0.29, 0.717) is 0 Å². The van der Waals surface area contributed by atoms with Crippen molar-refractivity contribution in [3.63, 3.8) is 0 Å². The van der Waals surface area contributed by atoms with Crippen molar-refractivity contribution in [1.82, 2.24) is 0 Å². The van der Waals surface area contributed by atoms with Crippen molar-refractivity contribution >= 4 is 21.5 Å². The highest BCUT2D eigenvalue weighted by Gasteiger charge is 2.46. The molecule has 0 aliphatic heterocycles. The van der Waals surface area contributed by atoms with Gasteiger partial charge in [-0.25, -0.2) is 0 Å². The molecule has 0 saturated carbocycles. The van der Waals surface area contributed by atoms with Gasteiger partial charge < -0.3 is 0 Å². The molecule has 0 aromatic heterocycles. The lowest BCUT2D eigenvalue weighted by molar-refractivity contribution is 0.749. The Hall–Kier alpha value is -8.84.